The summed E-state index contributed by atoms with van der Waals surface area (Å²) in [6.45, 7) is 13.1. The minimum absolute atomic E-state index is 0.00246. The van der Waals surface area contributed by atoms with Crippen LogP contribution in [-0.4, -0.2) is 87.6 Å². The molecule has 0 unspecified atom stereocenters. The zero-order valence-corrected chi connectivity index (χ0v) is 26.7. The standard InChI is InChI=1S/C32H47N5O6/c1-14(2)37(9)24-17(13-35-15(3)31(4,5)6)12-20(38)22-18(24)10-16-11-19-25(36(7)8)27(40)23(30(34)42)28(33)32(19,43)29(41)21(16)26(22)39/h12,14-16,19,25,33,35,38,40-41,43H,10-11,13H2,1-9H3,(H2,34,42)/t15-,16+,19+,25+,32-/m1/s1. The van der Waals surface area contributed by atoms with Gasteiger partial charge in [0.25, 0.3) is 5.91 Å². The van der Waals surface area contributed by atoms with E-state index in [0.717, 1.165) is 11.3 Å². The summed E-state index contributed by atoms with van der Waals surface area (Å²) in [6, 6.07) is 0.850. The Labute approximate surface area is 253 Å². The van der Waals surface area contributed by atoms with Crippen molar-refractivity contribution in [2.24, 2.45) is 23.0 Å². The summed E-state index contributed by atoms with van der Waals surface area (Å²) >= 11 is 0. The Balaban J connectivity index is 1.92. The minimum atomic E-state index is -2.44. The summed E-state index contributed by atoms with van der Waals surface area (Å²) in [4.78, 5) is 30.2. The molecule has 3 aliphatic rings. The van der Waals surface area contributed by atoms with Crippen molar-refractivity contribution in [1.29, 1.82) is 5.41 Å². The molecule has 0 heterocycles. The molecule has 0 aliphatic heterocycles. The van der Waals surface area contributed by atoms with Crippen LogP contribution in [0.15, 0.2) is 28.7 Å². The number of ketones is 1. The van der Waals surface area contributed by atoms with Gasteiger partial charge in [-0.1, -0.05) is 20.8 Å². The molecule has 43 heavy (non-hydrogen) atoms. The molecule has 0 aromatic heterocycles. The molecule has 0 radical (unpaired) electrons. The van der Waals surface area contributed by atoms with Crippen molar-refractivity contribution in [3.8, 4) is 5.75 Å². The number of Topliss-reactive ketones (excluding diaryl/α,β-unsaturated/α-hetero) is 1. The maximum absolute atomic E-state index is 14.2. The number of phenolic OH excluding ortho intramolecular Hbond substituents is 1. The minimum Gasteiger partial charge on any atom is -0.510 e. The van der Waals surface area contributed by atoms with Crippen molar-refractivity contribution in [2.75, 3.05) is 26.0 Å². The second kappa shape index (κ2) is 10.9. The average molecular weight is 598 g/mol. The topological polar surface area (TPSA) is 183 Å². The fourth-order valence-corrected chi connectivity index (χ4v) is 6.83. The van der Waals surface area contributed by atoms with Crippen LogP contribution in [0.3, 0.4) is 0 Å². The van der Waals surface area contributed by atoms with E-state index < -0.39 is 58.0 Å². The van der Waals surface area contributed by atoms with Crippen LogP contribution in [0, 0.1) is 22.7 Å². The normalized spacial score (nSPS) is 26.5. The number of aromatic hydroxyl groups is 1. The van der Waals surface area contributed by atoms with Gasteiger partial charge in [-0.05, 0) is 76.2 Å². The number of aliphatic hydroxyl groups is 3. The number of fused-ring (bicyclic) bond motifs is 3. The van der Waals surface area contributed by atoms with Crippen molar-refractivity contribution < 1.29 is 30.0 Å². The van der Waals surface area contributed by atoms with E-state index >= 15 is 0 Å². The molecule has 0 saturated heterocycles. The number of nitrogens with one attached hydrogen (secondary N) is 2. The first kappa shape index (κ1) is 32.5. The molecule has 1 amide bonds. The number of benzene rings is 1. The van der Waals surface area contributed by atoms with E-state index in [1.165, 1.54) is 0 Å². The Kier molecular flexibility index (Phi) is 8.27. The third-order valence-corrected chi connectivity index (χ3v) is 9.86. The fraction of sp³-hybridized carbons (Fsp3) is 0.594. The van der Waals surface area contributed by atoms with E-state index in [1.54, 1.807) is 25.1 Å². The number of nitrogens with zero attached hydrogens (tertiary/aromatic N) is 2. The molecule has 11 nitrogen and oxygen atoms in total. The number of aliphatic hydroxyl groups excluding tert-OH is 2. The van der Waals surface area contributed by atoms with Gasteiger partial charge in [0.1, 0.15) is 22.8 Å². The molecule has 1 aromatic rings. The van der Waals surface area contributed by atoms with Crippen molar-refractivity contribution in [1.82, 2.24) is 10.2 Å². The monoisotopic (exact) mass is 597 g/mol. The number of carbonyl (C=O) groups is 2. The molecule has 0 fully saturated rings. The highest BCUT2D eigenvalue weighted by atomic mass is 16.3. The summed E-state index contributed by atoms with van der Waals surface area (Å²) in [5.41, 5.74) is 3.98. The van der Waals surface area contributed by atoms with E-state index in [0.29, 0.717) is 12.1 Å². The van der Waals surface area contributed by atoms with Gasteiger partial charge in [-0.15, -0.1) is 0 Å². The zero-order valence-electron chi connectivity index (χ0n) is 26.7. The van der Waals surface area contributed by atoms with Gasteiger partial charge in [-0.3, -0.25) is 14.5 Å². The number of hydrogen-bond donors (Lipinski definition) is 7. The van der Waals surface area contributed by atoms with Crippen LogP contribution in [0.2, 0.25) is 0 Å². The number of hydrogen-bond acceptors (Lipinski definition) is 10. The molecular formula is C32H47N5O6. The first-order valence-corrected chi connectivity index (χ1v) is 14.8. The molecule has 0 bridgehead atoms. The van der Waals surface area contributed by atoms with E-state index in [9.17, 15) is 30.0 Å². The number of allylic oxidation sites excluding steroid dienone is 1. The predicted molar refractivity (Wildman–Crippen MR) is 166 cm³/mol. The summed E-state index contributed by atoms with van der Waals surface area (Å²) in [5.74, 6) is -4.72. The summed E-state index contributed by atoms with van der Waals surface area (Å²) < 4.78 is 0. The van der Waals surface area contributed by atoms with Gasteiger partial charge < -0.3 is 41.8 Å². The van der Waals surface area contributed by atoms with Crippen LogP contribution in [-0.2, 0) is 17.8 Å². The molecule has 1 aromatic carbocycles. The number of rotatable bonds is 7. The Bertz CT molecular complexity index is 1440. The highest BCUT2D eigenvalue weighted by Crippen LogP contribution is 2.53. The molecule has 4 rings (SSSR count). The lowest BCUT2D eigenvalue weighted by molar-refractivity contribution is -0.114. The van der Waals surface area contributed by atoms with Gasteiger partial charge in [0.05, 0.1) is 17.3 Å². The number of likely N-dealkylation sites (N-methyl/N-ethyl adjacent to an activating group) is 1. The quantitative estimate of drug-likeness (QED) is 0.248. The van der Waals surface area contributed by atoms with Crippen molar-refractivity contribution >= 4 is 23.1 Å². The molecule has 0 spiro atoms. The number of primary amides is 1. The van der Waals surface area contributed by atoms with E-state index in [1.807, 2.05) is 20.9 Å². The molecule has 0 saturated carbocycles. The molecular weight excluding hydrogens is 550 g/mol. The number of phenols is 1. The van der Waals surface area contributed by atoms with Crippen LogP contribution in [0.25, 0.3) is 0 Å². The average Bonchev–Trinajstić information content (AvgIpc) is 2.87. The van der Waals surface area contributed by atoms with Gasteiger partial charge in [0.2, 0.25) is 0 Å². The van der Waals surface area contributed by atoms with E-state index in [-0.39, 0.29) is 47.2 Å². The Morgan fingerprint density at radius 1 is 1.19 bits per heavy atom. The summed E-state index contributed by atoms with van der Waals surface area (Å²) in [5, 5.41) is 58.2. The van der Waals surface area contributed by atoms with Crippen LogP contribution >= 0.6 is 0 Å². The molecule has 5 atom stereocenters. The first-order chi connectivity index (χ1) is 19.8. The Morgan fingerprint density at radius 2 is 1.79 bits per heavy atom. The maximum atomic E-state index is 14.2. The predicted octanol–water partition coefficient (Wildman–Crippen LogP) is 2.94. The van der Waals surface area contributed by atoms with Gasteiger partial charge in [-0.2, -0.15) is 0 Å². The second-order valence-electron chi connectivity index (χ2n) is 13.9. The molecule has 3 aliphatic carbocycles. The van der Waals surface area contributed by atoms with Crippen molar-refractivity contribution in [3.63, 3.8) is 0 Å². The van der Waals surface area contributed by atoms with Gasteiger partial charge >= 0.3 is 0 Å². The second-order valence-corrected chi connectivity index (χ2v) is 13.9. The highest BCUT2D eigenvalue weighted by molar-refractivity contribution is 6.26. The number of anilines is 1. The Morgan fingerprint density at radius 3 is 2.30 bits per heavy atom. The number of carbonyl (C=O) groups excluding carboxylic acids is 2. The lowest BCUT2D eigenvalue weighted by Gasteiger charge is -2.51. The van der Waals surface area contributed by atoms with E-state index in [2.05, 4.69) is 37.9 Å². The first-order valence-electron chi connectivity index (χ1n) is 14.8. The lowest BCUT2D eigenvalue weighted by atomic mass is 9.58. The van der Waals surface area contributed by atoms with E-state index in [4.69, 9.17) is 11.1 Å². The summed E-state index contributed by atoms with van der Waals surface area (Å²) in [6.07, 6.45) is 0.397. The fourth-order valence-electron chi connectivity index (χ4n) is 6.83. The smallest absolute Gasteiger partial charge is 0.254 e. The van der Waals surface area contributed by atoms with Crippen molar-refractivity contribution in [3.05, 3.63) is 45.4 Å². The van der Waals surface area contributed by atoms with Gasteiger partial charge in [-0.25, -0.2) is 0 Å². The largest absolute Gasteiger partial charge is 0.510 e. The van der Waals surface area contributed by atoms with Crippen molar-refractivity contribution in [2.45, 2.75) is 84.7 Å². The van der Waals surface area contributed by atoms with Crippen LogP contribution in [0.4, 0.5) is 5.69 Å². The Hall–Kier alpha value is -3.41. The van der Waals surface area contributed by atoms with Crippen LogP contribution in [0.1, 0.15) is 69.4 Å². The highest BCUT2D eigenvalue weighted by Gasteiger charge is 2.61. The van der Waals surface area contributed by atoms with Gasteiger partial charge in [0, 0.05) is 42.9 Å². The third kappa shape index (κ3) is 5.01. The molecule has 8 N–H and O–H groups in total. The van der Waals surface area contributed by atoms with Gasteiger partial charge in [0.15, 0.2) is 11.4 Å². The maximum Gasteiger partial charge on any atom is 0.254 e. The lowest BCUT2D eigenvalue weighted by Crippen LogP contribution is -2.63. The van der Waals surface area contributed by atoms with Crippen LogP contribution in [0.5, 0.6) is 5.75 Å². The number of nitrogens with two attached hydrogens (primary N) is 1. The van der Waals surface area contributed by atoms with Crippen LogP contribution < -0.4 is 16.0 Å². The SMILES string of the molecule is CC(C)N(C)c1c(CN[C@H](C)C(C)(C)C)cc(O)c2c1C[C@H]1C[C@H]3[C@H](N(C)C)C(O)=C(C(N)=O)C(=N)[C@@]3(O)C(O)=C1C2=O. The third-order valence-electron chi connectivity index (χ3n) is 9.86. The molecule has 236 valence electrons. The summed E-state index contributed by atoms with van der Waals surface area (Å²) in [7, 11) is 5.25. The molecule has 11 heteroatoms. The number of amides is 1. The zero-order chi connectivity index (χ0) is 32.5.